The first kappa shape index (κ1) is 18.0. The maximum atomic E-state index is 12.6. The standard InChI is InChI=1S/C22H28N4O/c27-22(25-20-11-5-8-17-7-4-10-19(17)20)24-16-21(18-9-6-12-23-15-18)26-13-2-1-3-14-26/h5-6,8-9,11-12,15,21H,1-4,7,10,13-14,16H2,(H2,24,25,27)/t21-/m1/s1. The number of nitrogens with one attached hydrogen (secondary N) is 2. The van der Waals surface area contributed by atoms with E-state index in [0.717, 1.165) is 31.6 Å². The van der Waals surface area contributed by atoms with Crippen LogP contribution in [0, 0.1) is 0 Å². The molecular formula is C22H28N4O. The molecule has 2 amide bonds. The van der Waals surface area contributed by atoms with Gasteiger partial charge in [-0.1, -0.05) is 24.6 Å². The highest BCUT2D eigenvalue weighted by atomic mass is 16.2. The van der Waals surface area contributed by atoms with E-state index in [-0.39, 0.29) is 12.1 Å². The molecule has 142 valence electrons. The Balaban J connectivity index is 1.41. The van der Waals surface area contributed by atoms with Crippen LogP contribution in [0.2, 0.25) is 0 Å². The van der Waals surface area contributed by atoms with E-state index in [1.54, 1.807) is 6.20 Å². The van der Waals surface area contributed by atoms with Crippen molar-refractivity contribution in [3.63, 3.8) is 0 Å². The largest absolute Gasteiger partial charge is 0.336 e. The van der Waals surface area contributed by atoms with Gasteiger partial charge in [0.25, 0.3) is 0 Å². The zero-order valence-corrected chi connectivity index (χ0v) is 15.8. The van der Waals surface area contributed by atoms with Gasteiger partial charge in [-0.15, -0.1) is 0 Å². The third-order valence-corrected chi connectivity index (χ3v) is 5.75. The predicted octanol–water partition coefficient (Wildman–Crippen LogP) is 3.92. The number of rotatable bonds is 5. The van der Waals surface area contributed by atoms with Gasteiger partial charge in [0.05, 0.1) is 6.04 Å². The third-order valence-electron chi connectivity index (χ3n) is 5.75. The van der Waals surface area contributed by atoms with Gasteiger partial charge in [0.2, 0.25) is 0 Å². The minimum atomic E-state index is -0.124. The quantitative estimate of drug-likeness (QED) is 0.845. The lowest BCUT2D eigenvalue weighted by molar-refractivity contribution is 0.161. The summed E-state index contributed by atoms with van der Waals surface area (Å²) in [5.74, 6) is 0. The van der Waals surface area contributed by atoms with Gasteiger partial charge in [-0.2, -0.15) is 0 Å². The van der Waals surface area contributed by atoms with Crippen molar-refractivity contribution in [2.24, 2.45) is 0 Å². The molecule has 0 saturated carbocycles. The second kappa shape index (κ2) is 8.53. The summed E-state index contributed by atoms with van der Waals surface area (Å²) in [4.78, 5) is 19.3. The van der Waals surface area contributed by atoms with E-state index >= 15 is 0 Å². The molecule has 27 heavy (non-hydrogen) atoms. The van der Waals surface area contributed by atoms with Gasteiger partial charge in [0.1, 0.15) is 0 Å². The molecule has 0 unspecified atom stereocenters. The fourth-order valence-electron chi connectivity index (χ4n) is 4.35. The van der Waals surface area contributed by atoms with Gasteiger partial charge in [0.15, 0.2) is 0 Å². The highest BCUT2D eigenvalue weighted by molar-refractivity contribution is 5.90. The number of aromatic nitrogens is 1. The molecule has 2 aliphatic rings. The molecule has 2 heterocycles. The van der Waals surface area contributed by atoms with Crippen molar-refractivity contribution in [3.05, 3.63) is 59.4 Å². The van der Waals surface area contributed by atoms with Crippen LogP contribution in [0.25, 0.3) is 0 Å². The summed E-state index contributed by atoms with van der Waals surface area (Å²) in [6, 6.07) is 10.3. The van der Waals surface area contributed by atoms with Gasteiger partial charge >= 0.3 is 6.03 Å². The van der Waals surface area contributed by atoms with Crippen LogP contribution in [0.1, 0.15) is 48.4 Å². The second-order valence-corrected chi connectivity index (χ2v) is 7.53. The van der Waals surface area contributed by atoms with Crippen LogP contribution in [-0.4, -0.2) is 35.5 Å². The topological polar surface area (TPSA) is 57.3 Å². The first-order valence-electron chi connectivity index (χ1n) is 10.1. The van der Waals surface area contributed by atoms with Gasteiger partial charge in [-0.3, -0.25) is 9.88 Å². The summed E-state index contributed by atoms with van der Waals surface area (Å²) in [6.45, 7) is 2.75. The number of hydrogen-bond acceptors (Lipinski definition) is 3. The maximum Gasteiger partial charge on any atom is 0.319 e. The van der Waals surface area contributed by atoms with Crippen LogP contribution in [0.4, 0.5) is 10.5 Å². The first-order chi connectivity index (χ1) is 13.3. The molecule has 2 N–H and O–H groups in total. The van der Waals surface area contributed by atoms with Crippen molar-refractivity contribution < 1.29 is 4.79 Å². The lowest BCUT2D eigenvalue weighted by atomic mass is 10.0. The smallest absolute Gasteiger partial charge is 0.319 e. The summed E-state index contributed by atoms with van der Waals surface area (Å²) >= 11 is 0. The number of benzene rings is 1. The van der Waals surface area contributed by atoms with Crippen LogP contribution in [0.15, 0.2) is 42.7 Å². The van der Waals surface area contributed by atoms with E-state index in [1.807, 2.05) is 24.4 Å². The molecule has 0 radical (unpaired) electrons. The summed E-state index contributed by atoms with van der Waals surface area (Å²) < 4.78 is 0. The maximum absolute atomic E-state index is 12.6. The zero-order chi connectivity index (χ0) is 18.5. The molecule has 1 fully saturated rings. The Bertz CT molecular complexity index is 771. The highest BCUT2D eigenvalue weighted by Crippen LogP contribution is 2.29. The molecule has 1 aromatic heterocycles. The molecule has 0 spiro atoms. The first-order valence-corrected chi connectivity index (χ1v) is 10.1. The van der Waals surface area contributed by atoms with Crippen LogP contribution < -0.4 is 10.6 Å². The normalized spacial score (nSPS) is 17.9. The Labute approximate surface area is 161 Å². The molecule has 1 saturated heterocycles. The van der Waals surface area contributed by atoms with Crippen molar-refractivity contribution in [2.45, 2.75) is 44.6 Å². The summed E-state index contributed by atoms with van der Waals surface area (Å²) in [6.07, 6.45) is 10.8. The van der Waals surface area contributed by atoms with Crippen LogP contribution in [-0.2, 0) is 12.8 Å². The van der Waals surface area contributed by atoms with Crippen molar-refractivity contribution >= 4 is 11.7 Å². The monoisotopic (exact) mass is 364 g/mol. The van der Waals surface area contributed by atoms with Gasteiger partial charge < -0.3 is 10.6 Å². The molecule has 2 aromatic rings. The molecular weight excluding hydrogens is 336 g/mol. The molecule has 1 aromatic carbocycles. The molecule has 5 heteroatoms. The van der Waals surface area contributed by atoms with Gasteiger partial charge in [0, 0.05) is 24.6 Å². The number of aryl methyl sites for hydroxylation is 1. The predicted molar refractivity (Wildman–Crippen MR) is 108 cm³/mol. The van der Waals surface area contributed by atoms with E-state index in [4.69, 9.17) is 0 Å². The summed E-state index contributed by atoms with van der Waals surface area (Å²) in [5.41, 5.74) is 4.79. The number of likely N-dealkylation sites (tertiary alicyclic amines) is 1. The Morgan fingerprint density at radius 2 is 1.96 bits per heavy atom. The number of fused-ring (bicyclic) bond motifs is 1. The van der Waals surface area contributed by atoms with Crippen LogP contribution in [0.5, 0.6) is 0 Å². The molecule has 0 bridgehead atoms. The number of amides is 2. The van der Waals surface area contributed by atoms with Crippen LogP contribution >= 0.6 is 0 Å². The number of carbonyl (C=O) groups excluding carboxylic acids is 1. The Morgan fingerprint density at radius 3 is 2.78 bits per heavy atom. The van der Waals surface area contributed by atoms with Crippen molar-refractivity contribution in [2.75, 3.05) is 25.0 Å². The summed E-state index contributed by atoms with van der Waals surface area (Å²) in [7, 11) is 0. The average Bonchev–Trinajstić information content (AvgIpc) is 3.20. The molecule has 1 atom stereocenters. The van der Waals surface area contributed by atoms with Crippen molar-refractivity contribution in [3.8, 4) is 0 Å². The number of piperidine rings is 1. The SMILES string of the molecule is O=C(NC[C@H](c1cccnc1)N1CCCCC1)Nc1cccc2c1CCC2. The molecule has 4 rings (SSSR count). The van der Waals surface area contributed by atoms with Gasteiger partial charge in [-0.05, 0) is 74.0 Å². The highest BCUT2D eigenvalue weighted by Gasteiger charge is 2.23. The Morgan fingerprint density at radius 1 is 1.07 bits per heavy atom. The lowest BCUT2D eigenvalue weighted by Gasteiger charge is -2.34. The van der Waals surface area contributed by atoms with Crippen LogP contribution in [0.3, 0.4) is 0 Å². The zero-order valence-electron chi connectivity index (χ0n) is 15.8. The minimum Gasteiger partial charge on any atom is -0.336 e. The number of carbonyl (C=O) groups is 1. The Hall–Kier alpha value is -2.40. The Kier molecular flexibility index (Phi) is 5.68. The molecule has 1 aliphatic carbocycles. The van der Waals surface area contributed by atoms with Crippen molar-refractivity contribution in [1.29, 1.82) is 0 Å². The number of urea groups is 1. The average molecular weight is 364 g/mol. The number of nitrogens with zero attached hydrogens (tertiary/aromatic N) is 2. The number of anilines is 1. The molecule has 1 aliphatic heterocycles. The second-order valence-electron chi connectivity index (χ2n) is 7.53. The fraction of sp³-hybridized carbons (Fsp3) is 0.455. The lowest BCUT2D eigenvalue weighted by Crippen LogP contribution is -2.41. The van der Waals surface area contributed by atoms with E-state index < -0.39 is 0 Å². The van der Waals surface area contributed by atoms with E-state index in [1.165, 1.54) is 42.4 Å². The fourth-order valence-corrected chi connectivity index (χ4v) is 4.35. The van der Waals surface area contributed by atoms with E-state index in [2.05, 4.69) is 32.7 Å². The summed E-state index contributed by atoms with van der Waals surface area (Å²) in [5, 5.41) is 6.17. The van der Waals surface area contributed by atoms with E-state index in [0.29, 0.717) is 6.54 Å². The molecule has 5 nitrogen and oxygen atoms in total. The van der Waals surface area contributed by atoms with Crippen molar-refractivity contribution in [1.82, 2.24) is 15.2 Å². The number of hydrogen-bond donors (Lipinski definition) is 2. The number of pyridine rings is 1. The third kappa shape index (κ3) is 4.30. The van der Waals surface area contributed by atoms with E-state index in [9.17, 15) is 4.79 Å². The minimum absolute atomic E-state index is 0.124. The van der Waals surface area contributed by atoms with Gasteiger partial charge in [-0.25, -0.2) is 4.79 Å².